The van der Waals surface area contributed by atoms with Crippen LogP contribution in [0.1, 0.15) is 20.8 Å². The van der Waals surface area contributed by atoms with Gasteiger partial charge < -0.3 is 11.1 Å². The van der Waals surface area contributed by atoms with E-state index in [0.29, 0.717) is 12.5 Å². The van der Waals surface area contributed by atoms with E-state index in [1.165, 1.54) is 0 Å². The summed E-state index contributed by atoms with van der Waals surface area (Å²) in [6.07, 6.45) is 0. The molecule has 0 fully saturated rings. The minimum absolute atomic E-state index is 0. The lowest BCUT2D eigenvalue weighted by Crippen LogP contribution is -2.39. The normalized spacial score (nSPS) is 11.1. The summed E-state index contributed by atoms with van der Waals surface area (Å²) in [6, 6.07) is -0.390. The first-order valence-corrected chi connectivity index (χ1v) is 3.57. The number of nitrogens with one attached hydrogen (secondary N) is 1. The van der Waals surface area contributed by atoms with E-state index < -0.39 is 6.04 Å². The Bertz CT molecular complexity index is 118. The molecule has 0 aliphatic rings. The van der Waals surface area contributed by atoms with Crippen molar-refractivity contribution in [3.63, 3.8) is 0 Å². The largest absolute Gasteiger partial charge is 0.355 e. The average Bonchev–Trinajstić information content (AvgIpc) is 1.82. The van der Waals surface area contributed by atoms with Gasteiger partial charge in [-0.25, -0.2) is 0 Å². The Kier molecular flexibility index (Phi) is 13.6. The Morgan fingerprint density at radius 1 is 1.33 bits per heavy atom. The quantitative estimate of drug-likeness (QED) is 0.739. The number of hydrogen-bond acceptors (Lipinski definition) is 2. The number of hydrogen-bond donors (Lipinski definition) is 2. The van der Waals surface area contributed by atoms with Gasteiger partial charge in [0.1, 0.15) is 0 Å². The molecule has 3 nitrogen and oxygen atoms in total. The first-order chi connectivity index (χ1) is 4.54. The van der Waals surface area contributed by atoms with Crippen molar-refractivity contribution in [2.45, 2.75) is 26.8 Å². The second kappa shape index (κ2) is 9.10. The molecule has 0 aliphatic carbocycles. The minimum Gasteiger partial charge on any atom is -0.355 e. The Morgan fingerprint density at radius 2 is 1.75 bits per heavy atom. The number of carbonyl (C=O) groups is 1. The van der Waals surface area contributed by atoms with E-state index in [0.717, 1.165) is 0 Å². The van der Waals surface area contributed by atoms with Crippen molar-refractivity contribution >= 4 is 30.7 Å². The maximum absolute atomic E-state index is 10.8. The zero-order valence-corrected chi connectivity index (χ0v) is 9.30. The second-order valence-electron chi connectivity index (χ2n) is 2.93. The van der Waals surface area contributed by atoms with Crippen LogP contribution >= 0.6 is 24.8 Å². The molecule has 0 saturated heterocycles. The fraction of sp³-hybridized carbons (Fsp3) is 0.857. The van der Waals surface area contributed by atoms with E-state index in [9.17, 15) is 4.79 Å². The van der Waals surface area contributed by atoms with Gasteiger partial charge in [0.05, 0.1) is 6.04 Å². The van der Waals surface area contributed by atoms with Crippen molar-refractivity contribution in [2.24, 2.45) is 11.7 Å². The molecule has 0 aromatic carbocycles. The lowest BCUT2D eigenvalue weighted by atomic mass is 10.2. The molecule has 0 heterocycles. The molecular formula is C7H18Cl2N2O. The highest BCUT2D eigenvalue weighted by molar-refractivity contribution is 5.85. The number of nitrogens with two attached hydrogens (primary N) is 1. The predicted octanol–water partition coefficient (Wildman–Crippen LogP) is 0.949. The van der Waals surface area contributed by atoms with Gasteiger partial charge in [-0.2, -0.15) is 0 Å². The van der Waals surface area contributed by atoms with Gasteiger partial charge in [-0.3, -0.25) is 4.79 Å². The molecule has 0 saturated carbocycles. The number of carbonyl (C=O) groups excluding carboxylic acids is 1. The molecule has 0 bridgehead atoms. The van der Waals surface area contributed by atoms with Crippen LogP contribution in [0.25, 0.3) is 0 Å². The summed E-state index contributed by atoms with van der Waals surface area (Å²) in [5.41, 5.74) is 5.31. The summed E-state index contributed by atoms with van der Waals surface area (Å²) in [5.74, 6) is 0.413. The SMILES string of the molecule is CC(C)CNC(=O)[C@H](C)N.Cl.Cl. The van der Waals surface area contributed by atoms with Crippen LogP contribution in [0.3, 0.4) is 0 Å². The first-order valence-electron chi connectivity index (χ1n) is 3.57. The van der Waals surface area contributed by atoms with Gasteiger partial charge in [0.25, 0.3) is 0 Å². The van der Waals surface area contributed by atoms with Gasteiger partial charge in [-0.1, -0.05) is 13.8 Å². The number of amides is 1. The summed E-state index contributed by atoms with van der Waals surface area (Å²) in [6.45, 7) is 6.47. The monoisotopic (exact) mass is 216 g/mol. The van der Waals surface area contributed by atoms with E-state index in [-0.39, 0.29) is 30.7 Å². The van der Waals surface area contributed by atoms with Crippen molar-refractivity contribution in [2.75, 3.05) is 6.54 Å². The van der Waals surface area contributed by atoms with Crippen molar-refractivity contribution in [1.82, 2.24) is 5.32 Å². The third-order valence-electron chi connectivity index (χ3n) is 1.10. The van der Waals surface area contributed by atoms with Gasteiger partial charge in [-0.15, -0.1) is 24.8 Å². The smallest absolute Gasteiger partial charge is 0.236 e. The maximum Gasteiger partial charge on any atom is 0.236 e. The van der Waals surface area contributed by atoms with Crippen LogP contribution in [-0.4, -0.2) is 18.5 Å². The summed E-state index contributed by atoms with van der Waals surface area (Å²) in [4.78, 5) is 10.8. The summed E-state index contributed by atoms with van der Waals surface area (Å²) in [7, 11) is 0. The molecule has 1 atom stereocenters. The van der Waals surface area contributed by atoms with Crippen molar-refractivity contribution in [3.8, 4) is 0 Å². The fourth-order valence-electron chi connectivity index (χ4n) is 0.466. The minimum atomic E-state index is -0.390. The Morgan fingerprint density at radius 3 is 2.00 bits per heavy atom. The van der Waals surface area contributed by atoms with Crippen LogP contribution in [0.2, 0.25) is 0 Å². The molecule has 5 heteroatoms. The van der Waals surface area contributed by atoms with Gasteiger partial charge in [0.15, 0.2) is 0 Å². The summed E-state index contributed by atoms with van der Waals surface area (Å²) >= 11 is 0. The zero-order valence-electron chi connectivity index (χ0n) is 7.66. The Hall–Kier alpha value is 0.01000. The average molecular weight is 217 g/mol. The van der Waals surface area contributed by atoms with Crippen LogP contribution in [0.5, 0.6) is 0 Å². The highest BCUT2D eigenvalue weighted by Gasteiger charge is 2.05. The Balaban J connectivity index is -0.000000405. The van der Waals surface area contributed by atoms with Gasteiger partial charge >= 0.3 is 0 Å². The molecule has 0 radical (unpaired) electrons. The topological polar surface area (TPSA) is 55.1 Å². The maximum atomic E-state index is 10.8. The second-order valence-corrected chi connectivity index (χ2v) is 2.93. The van der Waals surface area contributed by atoms with Gasteiger partial charge in [-0.05, 0) is 12.8 Å². The summed E-state index contributed by atoms with van der Waals surface area (Å²) < 4.78 is 0. The number of rotatable bonds is 3. The third kappa shape index (κ3) is 10.0. The first kappa shape index (κ1) is 17.9. The van der Waals surface area contributed by atoms with E-state index in [2.05, 4.69) is 5.32 Å². The zero-order chi connectivity index (χ0) is 8.15. The molecule has 3 N–H and O–H groups in total. The third-order valence-corrected chi connectivity index (χ3v) is 1.10. The molecule has 0 aromatic heterocycles. The molecule has 76 valence electrons. The Labute approximate surface area is 86.3 Å². The molecule has 0 aromatic rings. The van der Waals surface area contributed by atoms with Crippen LogP contribution in [0.4, 0.5) is 0 Å². The van der Waals surface area contributed by atoms with Crippen LogP contribution in [0, 0.1) is 5.92 Å². The molecule has 0 aliphatic heterocycles. The predicted molar refractivity (Wildman–Crippen MR) is 56.0 cm³/mol. The lowest BCUT2D eigenvalue weighted by molar-refractivity contribution is -0.122. The van der Waals surface area contributed by atoms with Crippen LogP contribution < -0.4 is 11.1 Å². The van der Waals surface area contributed by atoms with E-state index >= 15 is 0 Å². The van der Waals surface area contributed by atoms with Crippen molar-refractivity contribution < 1.29 is 4.79 Å². The standard InChI is InChI=1S/C7H16N2O.2ClH/c1-5(2)4-9-7(10)6(3)8;;/h5-6H,4,8H2,1-3H3,(H,9,10);2*1H/t6-;;/m0../s1. The lowest BCUT2D eigenvalue weighted by Gasteiger charge is -2.08. The van der Waals surface area contributed by atoms with E-state index in [4.69, 9.17) is 5.73 Å². The highest BCUT2D eigenvalue weighted by atomic mass is 35.5. The molecule has 0 unspecified atom stereocenters. The number of halogens is 2. The molecular weight excluding hydrogens is 199 g/mol. The summed E-state index contributed by atoms with van der Waals surface area (Å²) in [5, 5.41) is 2.72. The van der Waals surface area contributed by atoms with E-state index in [1.54, 1.807) is 6.92 Å². The van der Waals surface area contributed by atoms with Crippen molar-refractivity contribution in [1.29, 1.82) is 0 Å². The van der Waals surface area contributed by atoms with E-state index in [1.807, 2.05) is 13.8 Å². The molecule has 0 spiro atoms. The highest BCUT2D eigenvalue weighted by Crippen LogP contribution is 1.87. The molecule has 12 heavy (non-hydrogen) atoms. The van der Waals surface area contributed by atoms with Crippen molar-refractivity contribution in [3.05, 3.63) is 0 Å². The van der Waals surface area contributed by atoms with Crippen LogP contribution in [-0.2, 0) is 4.79 Å². The van der Waals surface area contributed by atoms with Gasteiger partial charge in [0.2, 0.25) is 5.91 Å². The molecule has 0 rings (SSSR count). The van der Waals surface area contributed by atoms with Gasteiger partial charge in [0, 0.05) is 6.54 Å². The fourth-order valence-corrected chi connectivity index (χ4v) is 0.466. The molecule has 1 amide bonds. The van der Waals surface area contributed by atoms with Crippen LogP contribution in [0.15, 0.2) is 0 Å².